The highest BCUT2D eigenvalue weighted by atomic mass is 16.5. The second kappa shape index (κ2) is 8.17. The molecule has 2 aromatic rings. The van der Waals surface area contributed by atoms with Crippen LogP contribution >= 0.6 is 0 Å². The number of fused-ring (bicyclic) bond motifs is 2. The Kier molecular flexibility index (Phi) is 5.40. The standard InChI is InChI=1S/C23H27N5O6/c1-3-10-26(12-27-15-7-5-4-6-14(15)24-25-27)21(31)19-23-9-8-16(34-23)17(22(32)33)18(23)20(30)28(19)13(2)11-29/h3-7,13,16-19,29H,1,8-12H2,2H3,(H,32,33)/t13-,16-,17+,18+,19?,23?/m1/s1. The van der Waals surface area contributed by atoms with Crippen LogP contribution in [0.5, 0.6) is 0 Å². The Bertz CT molecular complexity index is 1170. The van der Waals surface area contributed by atoms with Crippen LogP contribution in [-0.4, -0.2) is 89.7 Å². The van der Waals surface area contributed by atoms with E-state index in [9.17, 15) is 24.6 Å². The number of aliphatic hydroxyl groups excluding tert-OH is 1. The molecule has 4 heterocycles. The molecule has 1 spiro atoms. The largest absolute Gasteiger partial charge is 0.481 e. The minimum atomic E-state index is -1.24. The Balaban J connectivity index is 1.54. The first-order valence-corrected chi connectivity index (χ1v) is 11.4. The van der Waals surface area contributed by atoms with Crippen molar-refractivity contribution < 1.29 is 29.3 Å². The number of amides is 2. The molecule has 3 aliphatic heterocycles. The van der Waals surface area contributed by atoms with E-state index in [-0.39, 0.29) is 19.8 Å². The van der Waals surface area contributed by atoms with Crippen LogP contribution in [0.15, 0.2) is 36.9 Å². The van der Waals surface area contributed by atoms with E-state index in [4.69, 9.17) is 4.74 Å². The van der Waals surface area contributed by atoms with Gasteiger partial charge in [-0.3, -0.25) is 14.4 Å². The van der Waals surface area contributed by atoms with Gasteiger partial charge >= 0.3 is 5.97 Å². The predicted molar refractivity (Wildman–Crippen MR) is 118 cm³/mol. The molecule has 3 fully saturated rings. The van der Waals surface area contributed by atoms with Crippen molar-refractivity contribution in [2.75, 3.05) is 13.2 Å². The fraction of sp³-hybridized carbons (Fsp3) is 0.522. The van der Waals surface area contributed by atoms with Gasteiger partial charge in [0.05, 0.1) is 36.1 Å². The highest BCUT2D eigenvalue weighted by molar-refractivity contribution is 5.98. The van der Waals surface area contributed by atoms with Gasteiger partial charge in [0.15, 0.2) is 0 Å². The molecule has 2 bridgehead atoms. The molecule has 0 radical (unpaired) electrons. The number of para-hydroxylation sites is 1. The molecule has 34 heavy (non-hydrogen) atoms. The lowest BCUT2D eigenvalue weighted by molar-refractivity contribution is -0.153. The SMILES string of the molecule is C=CCN(Cn1nnc2ccccc21)C(=O)C1N([C@H](C)CO)C(=O)[C@@H]2[C@@H](C(=O)O)[C@H]3CCC12O3. The van der Waals surface area contributed by atoms with Crippen molar-refractivity contribution in [1.82, 2.24) is 24.8 Å². The first-order valence-electron chi connectivity index (χ1n) is 11.4. The van der Waals surface area contributed by atoms with Crippen molar-refractivity contribution in [3.05, 3.63) is 36.9 Å². The summed E-state index contributed by atoms with van der Waals surface area (Å²) >= 11 is 0. The van der Waals surface area contributed by atoms with Crippen LogP contribution < -0.4 is 0 Å². The fourth-order valence-electron chi connectivity index (χ4n) is 5.94. The van der Waals surface area contributed by atoms with Crippen molar-refractivity contribution in [2.24, 2.45) is 11.8 Å². The zero-order valence-corrected chi connectivity index (χ0v) is 18.8. The predicted octanol–water partition coefficient (Wildman–Crippen LogP) is 0.243. The van der Waals surface area contributed by atoms with E-state index in [1.54, 1.807) is 17.7 Å². The molecule has 1 aromatic heterocycles. The number of aliphatic carboxylic acids is 1. The molecule has 3 saturated heterocycles. The average molecular weight is 469 g/mol. The van der Waals surface area contributed by atoms with Crippen LogP contribution in [0.4, 0.5) is 0 Å². The lowest BCUT2D eigenvalue weighted by atomic mass is 9.70. The van der Waals surface area contributed by atoms with Crippen LogP contribution in [0.1, 0.15) is 19.8 Å². The molecule has 2 amide bonds. The summed E-state index contributed by atoms with van der Waals surface area (Å²) in [5.41, 5.74) is 0.183. The number of carboxylic acids is 1. The van der Waals surface area contributed by atoms with Gasteiger partial charge < -0.3 is 24.7 Å². The third-order valence-electron chi connectivity index (χ3n) is 7.38. The van der Waals surface area contributed by atoms with Crippen molar-refractivity contribution in [2.45, 2.75) is 50.2 Å². The van der Waals surface area contributed by atoms with Gasteiger partial charge in [0.1, 0.15) is 23.8 Å². The van der Waals surface area contributed by atoms with Gasteiger partial charge in [0.25, 0.3) is 0 Å². The van der Waals surface area contributed by atoms with Crippen LogP contribution in [0, 0.1) is 11.8 Å². The van der Waals surface area contributed by atoms with E-state index in [1.807, 2.05) is 24.3 Å². The highest BCUT2D eigenvalue weighted by Crippen LogP contribution is 2.58. The lowest BCUT2D eigenvalue weighted by Gasteiger charge is -2.38. The normalized spacial score (nSPS) is 30.5. The van der Waals surface area contributed by atoms with Gasteiger partial charge in [-0.2, -0.15) is 0 Å². The van der Waals surface area contributed by atoms with Gasteiger partial charge in [-0.25, -0.2) is 4.68 Å². The number of nitrogens with zero attached hydrogens (tertiary/aromatic N) is 5. The number of aliphatic hydroxyl groups is 1. The first-order chi connectivity index (χ1) is 16.3. The summed E-state index contributed by atoms with van der Waals surface area (Å²) < 4.78 is 7.78. The molecule has 11 nitrogen and oxygen atoms in total. The molecule has 2 unspecified atom stereocenters. The first kappa shape index (κ1) is 22.5. The average Bonchev–Trinajstić information content (AvgIpc) is 3.57. The summed E-state index contributed by atoms with van der Waals surface area (Å²) in [5.74, 6) is -3.95. The van der Waals surface area contributed by atoms with E-state index < -0.39 is 53.4 Å². The molecule has 2 N–H and O–H groups in total. The van der Waals surface area contributed by atoms with E-state index in [1.165, 1.54) is 9.80 Å². The molecular formula is C23H27N5O6. The number of aromatic nitrogens is 3. The number of benzene rings is 1. The zero-order chi connectivity index (χ0) is 24.2. The summed E-state index contributed by atoms with van der Waals surface area (Å²) in [4.78, 5) is 42.5. The van der Waals surface area contributed by atoms with E-state index in [0.717, 1.165) is 5.52 Å². The van der Waals surface area contributed by atoms with Gasteiger partial charge in [0, 0.05) is 6.54 Å². The Morgan fingerprint density at radius 3 is 2.88 bits per heavy atom. The maximum Gasteiger partial charge on any atom is 0.310 e. The molecule has 3 aliphatic rings. The zero-order valence-electron chi connectivity index (χ0n) is 18.8. The highest BCUT2D eigenvalue weighted by Gasteiger charge is 2.75. The Morgan fingerprint density at radius 1 is 1.41 bits per heavy atom. The number of ether oxygens (including phenoxy) is 1. The minimum Gasteiger partial charge on any atom is -0.481 e. The maximum absolute atomic E-state index is 14.1. The molecule has 0 aliphatic carbocycles. The molecule has 11 heteroatoms. The molecule has 5 rings (SSSR count). The van der Waals surface area contributed by atoms with Gasteiger partial charge in [-0.1, -0.05) is 23.4 Å². The Morgan fingerprint density at radius 2 is 2.18 bits per heavy atom. The third kappa shape index (κ3) is 3.07. The number of rotatable bonds is 8. The topological polar surface area (TPSA) is 138 Å². The van der Waals surface area contributed by atoms with Crippen molar-refractivity contribution >= 4 is 28.8 Å². The summed E-state index contributed by atoms with van der Waals surface area (Å²) in [6.45, 7) is 5.27. The van der Waals surface area contributed by atoms with E-state index in [2.05, 4.69) is 16.9 Å². The summed E-state index contributed by atoms with van der Waals surface area (Å²) in [6, 6.07) is 5.62. The van der Waals surface area contributed by atoms with Crippen molar-refractivity contribution in [1.29, 1.82) is 0 Å². The Hall–Kier alpha value is -3.31. The van der Waals surface area contributed by atoms with Gasteiger partial charge in [-0.05, 0) is 31.9 Å². The number of carbonyl (C=O) groups is 3. The smallest absolute Gasteiger partial charge is 0.310 e. The summed E-state index contributed by atoms with van der Waals surface area (Å²) in [5, 5.41) is 28.0. The quantitative estimate of drug-likeness (QED) is 0.525. The van der Waals surface area contributed by atoms with Crippen LogP contribution in [0.3, 0.4) is 0 Å². The maximum atomic E-state index is 14.1. The molecule has 180 valence electrons. The fourth-order valence-corrected chi connectivity index (χ4v) is 5.94. The molecule has 1 aromatic carbocycles. The number of hydrogen-bond donors (Lipinski definition) is 2. The second-order valence-corrected chi connectivity index (χ2v) is 9.24. The van der Waals surface area contributed by atoms with Crippen molar-refractivity contribution in [3.8, 4) is 0 Å². The number of likely N-dealkylation sites (tertiary alicyclic amines) is 1. The molecular weight excluding hydrogens is 442 g/mol. The number of hydrogen-bond acceptors (Lipinski definition) is 7. The third-order valence-corrected chi connectivity index (χ3v) is 7.38. The van der Waals surface area contributed by atoms with Gasteiger partial charge in [0.2, 0.25) is 11.8 Å². The van der Waals surface area contributed by atoms with Crippen LogP contribution in [-0.2, 0) is 25.8 Å². The lowest BCUT2D eigenvalue weighted by Crippen LogP contribution is -2.58. The van der Waals surface area contributed by atoms with Gasteiger partial charge in [-0.15, -0.1) is 11.7 Å². The monoisotopic (exact) mass is 469 g/mol. The Labute approximate surface area is 195 Å². The summed E-state index contributed by atoms with van der Waals surface area (Å²) in [7, 11) is 0. The van der Waals surface area contributed by atoms with Crippen LogP contribution in [0.2, 0.25) is 0 Å². The van der Waals surface area contributed by atoms with Crippen molar-refractivity contribution in [3.63, 3.8) is 0 Å². The number of carbonyl (C=O) groups excluding carboxylic acids is 2. The van der Waals surface area contributed by atoms with Crippen LogP contribution in [0.25, 0.3) is 11.0 Å². The molecule has 0 saturated carbocycles. The van der Waals surface area contributed by atoms with E-state index >= 15 is 0 Å². The molecule has 6 atom stereocenters. The second-order valence-electron chi connectivity index (χ2n) is 9.24. The number of carboxylic acid groups (broad SMARTS) is 1. The minimum absolute atomic E-state index is 0.0595. The van der Waals surface area contributed by atoms with E-state index in [0.29, 0.717) is 18.4 Å². The summed E-state index contributed by atoms with van der Waals surface area (Å²) in [6.07, 6.45) is 1.83.